The summed E-state index contributed by atoms with van der Waals surface area (Å²) in [7, 11) is 0. The summed E-state index contributed by atoms with van der Waals surface area (Å²) >= 11 is 5.82. The Kier molecular flexibility index (Phi) is 4.09. The minimum absolute atomic E-state index is 0.0214. The molecule has 0 saturated carbocycles. The second-order valence-corrected chi connectivity index (χ2v) is 5.20. The van der Waals surface area contributed by atoms with Gasteiger partial charge in [0.1, 0.15) is 11.5 Å². The number of rotatable bonds is 3. The molecule has 110 valence electrons. The highest BCUT2D eigenvalue weighted by Crippen LogP contribution is 2.19. The Morgan fingerprint density at radius 1 is 1.43 bits per heavy atom. The van der Waals surface area contributed by atoms with Gasteiger partial charge in [-0.2, -0.15) is 5.10 Å². The lowest BCUT2D eigenvalue weighted by Crippen LogP contribution is -2.25. The molecule has 7 heteroatoms. The Labute approximate surface area is 124 Å². The Balaban J connectivity index is 2.78. The summed E-state index contributed by atoms with van der Waals surface area (Å²) in [6, 6.07) is 3.82. The number of carbonyl (C=O) groups is 1. The minimum atomic E-state index is -1.46. The zero-order chi connectivity index (χ0) is 15.7. The molecule has 0 spiro atoms. The van der Waals surface area contributed by atoms with Crippen molar-refractivity contribution in [1.29, 1.82) is 0 Å². The normalized spacial score (nSPS) is 10.9. The first-order valence-corrected chi connectivity index (χ1v) is 6.51. The molecule has 5 nitrogen and oxygen atoms in total. The molecular formula is C14H12ClFN2O3. The Morgan fingerprint density at radius 3 is 2.67 bits per heavy atom. The summed E-state index contributed by atoms with van der Waals surface area (Å²) in [6.45, 7) is 3.47. The van der Waals surface area contributed by atoms with Crippen LogP contribution in [0.2, 0.25) is 5.02 Å². The van der Waals surface area contributed by atoms with Crippen molar-refractivity contribution in [3.8, 4) is 5.69 Å². The summed E-state index contributed by atoms with van der Waals surface area (Å²) in [4.78, 5) is 23.1. The molecule has 0 aliphatic heterocycles. The van der Waals surface area contributed by atoms with Crippen molar-refractivity contribution in [3.63, 3.8) is 0 Å². The average Bonchev–Trinajstić information content (AvgIpc) is 2.41. The highest BCUT2D eigenvalue weighted by molar-refractivity contribution is 6.30. The lowest BCUT2D eigenvalue weighted by atomic mass is 10.0. The number of carboxylic acids is 1. The molecule has 0 radical (unpaired) electrons. The van der Waals surface area contributed by atoms with Crippen LogP contribution in [0.25, 0.3) is 5.69 Å². The predicted octanol–water partition coefficient (Wildman–Crippen LogP) is 2.85. The number of halogens is 2. The largest absolute Gasteiger partial charge is 0.476 e. The maximum absolute atomic E-state index is 13.9. The van der Waals surface area contributed by atoms with Crippen LogP contribution < -0.4 is 5.43 Å². The second kappa shape index (κ2) is 5.65. The van der Waals surface area contributed by atoms with Crippen molar-refractivity contribution in [1.82, 2.24) is 9.78 Å². The van der Waals surface area contributed by atoms with Gasteiger partial charge in [-0.15, -0.1) is 0 Å². The van der Waals surface area contributed by atoms with E-state index in [1.54, 1.807) is 13.8 Å². The summed E-state index contributed by atoms with van der Waals surface area (Å²) < 4.78 is 14.9. The molecule has 0 aliphatic rings. The average molecular weight is 311 g/mol. The van der Waals surface area contributed by atoms with E-state index in [0.29, 0.717) is 0 Å². The third-order valence-corrected chi connectivity index (χ3v) is 3.16. The molecule has 1 heterocycles. The Morgan fingerprint density at radius 2 is 2.10 bits per heavy atom. The van der Waals surface area contributed by atoms with Crippen LogP contribution in [0.3, 0.4) is 0 Å². The number of aromatic carboxylic acids is 1. The number of hydrogen-bond donors (Lipinski definition) is 1. The highest BCUT2D eigenvalue weighted by atomic mass is 35.5. The maximum Gasteiger partial charge on any atom is 0.360 e. The number of carboxylic acid groups (broad SMARTS) is 1. The van der Waals surface area contributed by atoms with E-state index in [-0.39, 0.29) is 22.2 Å². The molecule has 1 aromatic heterocycles. The highest BCUT2D eigenvalue weighted by Gasteiger charge is 2.19. The smallest absolute Gasteiger partial charge is 0.360 e. The van der Waals surface area contributed by atoms with E-state index in [1.165, 1.54) is 18.3 Å². The van der Waals surface area contributed by atoms with Gasteiger partial charge in [0.2, 0.25) is 11.1 Å². The monoisotopic (exact) mass is 310 g/mol. The molecule has 1 aromatic carbocycles. The van der Waals surface area contributed by atoms with E-state index in [1.807, 2.05) is 0 Å². The predicted molar refractivity (Wildman–Crippen MR) is 75.9 cm³/mol. The van der Waals surface area contributed by atoms with Crippen molar-refractivity contribution in [2.75, 3.05) is 0 Å². The number of hydrogen-bond acceptors (Lipinski definition) is 3. The molecular weight excluding hydrogens is 299 g/mol. The van der Waals surface area contributed by atoms with Gasteiger partial charge >= 0.3 is 5.97 Å². The van der Waals surface area contributed by atoms with E-state index in [2.05, 4.69) is 5.10 Å². The number of aromatic nitrogens is 2. The fourth-order valence-electron chi connectivity index (χ4n) is 1.85. The molecule has 2 rings (SSSR count). The fourth-order valence-corrected chi connectivity index (χ4v) is 2.01. The van der Waals surface area contributed by atoms with Crippen LogP contribution in [0.4, 0.5) is 4.39 Å². The zero-order valence-corrected chi connectivity index (χ0v) is 12.1. The van der Waals surface area contributed by atoms with E-state index >= 15 is 0 Å². The van der Waals surface area contributed by atoms with Gasteiger partial charge in [-0.3, -0.25) is 4.79 Å². The lowest BCUT2D eigenvalue weighted by molar-refractivity contribution is 0.0686. The standard InChI is InChI=1S/C14H12ClFN2O3/c1-7(2)9-6-18(17-12(13(9)19)14(20)21)11-5-8(15)3-4-10(11)16/h3-7H,1-2H3,(H,20,21). The molecule has 0 bridgehead atoms. The van der Waals surface area contributed by atoms with Crippen molar-refractivity contribution < 1.29 is 14.3 Å². The number of benzene rings is 1. The van der Waals surface area contributed by atoms with Crippen LogP contribution in [-0.4, -0.2) is 20.9 Å². The van der Waals surface area contributed by atoms with Gasteiger partial charge in [0.15, 0.2) is 0 Å². The van der Waals surface area contributed by atoms with Crippen LogP contribution in [-0.2, 0) is 0 Å². The zero-order valence-electron chi connectivity index (χ0n) is 11.3. The minimum Gasteiger partial charge on any atom is -0.476 e. The van der Waals surface area contributed by atoms with E-state index in [4.69, 9.17) is 16.7 Å². The van der Waals surface area contributed by atoms with Crippen LogP contribution in [0.1, 0.15) is 35.8 Å². The number of nitrogens with zero attached hydrogens (tertiary/aromatic N) is 2. The van der Waals surface area contributed by atoms with Gasteiger partial charge in [-0.25, -0.2) is 13.9 Å². The summed E-state index contributed by atoms with van der Waals surface area (Å²) in [5.74, 6) is -2.31. The van der Waals surface area contributed by atoms with Crippen LogP contribution in [0.5, 0.6) is 0 Å². The summed E-state index contributed by atoms with van der Waals surface area (Å²) in [5.41, 5.74) is -1.11. The van der Waals surface area contributed by atoms with E-state index < -0.39 is 22.9 Å². The van der Waals surface area contributed by atoms with Crippen molar-refractivity contribution in [3.05, 3.63) is 56.7 Å². The van der Waals surface area contributed by atoms with Crippen molar-refractivity contribution in [2.24, 2.45) is 0 Å². The van der Waals surface area contributed by atoms with Gasteiger partial charge in [0, 0.05) is 16.8 Å². The molecule has 0 atom stereocenters. The van der Waals surface area contributed by atoms with Gasteiger partial charge in [0.05, 0.1) is 0 Å². The van der Waals surface area contributed by atoms with E-state index in [0.717, 1.165) is 10.7 Å². The van der Waals surface area contributed by atoms with Crippen molar-refractivity contribution in [2.45, 2.75) is 19.8 Å². The Bertz CT molecular complexity index is 771. The fraction of sp³-hybridized carbons (Fsp3) is 0.214. The maximum atomic E-state index is 13.9. The molecule has 0 amide bonds. The molecule has 0 saturated heterocycles. The summed E-state index contributed by atoms with van der Waals surface area (Å²) in [5, 5.41) is 13.0. The van der Waals surface area contributed by atoms with Gasteiger partial charge in [-0.1, -0.05) is 25.4 Å². The van der Waals surface area contributed by atoms with Crippen LogP contribution in [0, 0.1) is 5.82 Å². The quantitative estimate of drug-likeness (QED) is 0.946. The third-order valence-electron chi connectivity index (χ3n) is 2.93. The molecule has 1 N–H and O–H groups in total. The topological polar surface area (TPSA) is 72.2 Å². The van der Waals surface area contributed by atoms with Crippen molar-refractivity contribution >= 4 is 17.6 Å². The van der Waals surface area contributed by atoms with Crippen LogP contribution >= 0.6 is 11.6 Å². The lowest BCUT2D eigenvalue weighted by Gasteiger charge is -2.12. The van der Waals surface area contributed by atoms with Gasteiger partial charge in [-0.05, 0) is 24.1 Å². The first kappa shape index (κ1) is 15.2. The van der Waals surface area contributed by atoms with Gasteiger partial charge < -0.3 is 5.11 Å². The first-order valence-electron chi connectivity index (χ1n) is 6.14. The molecule has 0 fully saturated rings. The van der Waals surface area contributed by atoms with E-state index in [9.17, 15) is 14.0 Å². The molecule has 2 aromatic rings. The molecule has 21 heavy (non-hydrogen) atoms. The van der Waals surface area contributed by atoms with Gasteiger partial charge in [0.25, 0.3) is 0 Å². The molecule has 0 unspecified atom stereocenters. The Hall–Kier alpha value is -2.21. The third kappa shape index (κ3) is 2.95. The summed E-state index contributed by atoms with van der Waals surface area (Å²) in [6.07, 6.45) is 1.33. The molecule has 0 aliphatic carbocycles. The second-order valence-electron chi connectivity index (χ2n) is 4.76. The SMILES string of the molecule is CC(C)c1cn(-c2cc(Cl)ccc2F)nc(C(=O)O)c1=O. The van der Waals surface area contributed by atoms with Crippen LogP contribution in [0.15, 0.2) is 29.2 Å². The first-order chi connectivity index (χ1) is 9.81.